The van der Waals surface area contributed by atoms with Gasteiger partial charge in [0.25, 0.3) is 0 Å². The van der Waals surface area contributed by atoms with Crippen molar-refractivity contribution in [3.05, 3.63) is 90.0 Å². The van der Waals surface area contributed by atoms with Crippen LogP contribution in [0.4, 0.5) is 5.69 Å². The second kappa shape index (κ2) is 5.95. The summed E-state index contributed by atoms with van der Waals surface area (Å²) in [5.41, 5.74) is 2.74. The first kappa shape index (κ1) is 16.4. The zero-order chi connectivity index (χ0) is 19.5. The molecule has 0 aromatic heterocycles. The van der Waals surface area contributed by atoms with E-state index in [-0.39, 0.29) is 12.1 Å². The summed E-state index contributed by atoms with van der Waals surface area (Å²) >= 11 is 0. The van der Waals surface area contributed by atoms with Gasteiger partial charge in [-0.25, -0.2) is 0 Å². The Balaban J connectivity index is 1.66. The summed E-state index contributed by atoms with van der Waals surface area (Å²) in [5, 5.41) is 0. The maximum Gasteiger partial charge on any atom is 0.320 e. The van der Waals surface area contributed by atoms with Crippen LogP contribution in [0.15, 0.2) is 78.9 Å². The summed E-state index contributed by atoms with van der Waals surface area (Å²) in [6, 6.07) is 24.7. The fraction of sp³-hybridized carbons (Fsp3) is 0.167. The first-order chi connectivity index (χ1) is 14.2. The van der Waals surface area contributed by atoms with E-state index in [4.69, 9.17) is 9.47 Å². The van der Waals surface area contributed by atoms with Gasteiger partial charge in [0, 0.05) is 5.56 Å². The molecule has 3 aromatic rings. The van der Waals surface area contributed by atoms with Crippen molar-refractivity contribution < 1.29 is 19.1 Å². The van der Waals surface area contributed by atoms with Gasteiger partial charge < -0.3 is 14.4 Å². The molecule has 5 heteroatoms. The number of carbonyl (C=O) groups is 2. The fourth-order valence-corrected chi connectivity index (χ4v) is 5.05. The summed E-state index contributed by atoms with van der Waals surface area (Å²) in [5.74, 6) is -0.630. The molecule has 0 unspecified atom stereocenters. The van der Waals surface area contributed by atoms with Crippen LogP contribution in [0.3, 0.4) is 0 Å². The second-order valence-electron chi connectivity index (χ2n) is 7.61. The smallest absolute Gasteiger partial charge is 0.320 e. The third-order valence-corrected chi connectivity index (χ3v) is 6.15. The highest BCUT2D eigenvalue weighted by atomic mass is 16.6. The van der Waals surface area contributed by atoms with E-state index in [1.165, 1.54) is 0 Å². The molecule has 142 valence electrons. The van der Waals surface area contributed by atoms with Crippen LogP contribution in [0.25, 0.3) is 0 Å². The Morgan fingerprint density at radius 1 is 0.621 bits per heavy atom. The predicted octanol–water partition coefficient (Wildman–Crippen LogP) is 4.41. The van der Waals surface area contributed by atoms with Crippen LogP contribution < -0.4 is 9.64 Å². The van der Waals surface area contributed by atoms with Crippen LogP contribution >= 0.6 is 0 Å². The molecule has 0 spiro atoms. The van der Waals surface area contributed by atoms with Gasteiger partial charge in [0.2, 0.25) is 0 Å². The summed E-state index contributed by atoms with van der Waals surface area (Å²) in [4.78, 5) is 27.8. The molecule has 3 aliphatic rings. The van der Waals surface area contributed by atoms with Gasteiger partial charge >= 0.3 is 11.9 Å². The Morgan fingerprint density at radius 2 is 1.24 bits per heavy atom. The lowest BCUT2D eigenvalue weighted by Crippen LogP contribution is -2.30. The van der Waals surface area contributed by atoms with Crippen LogP contribution in [-0.2, 0) is 14.3 Å². The molecule has 0 bridgehead atoms. The van der Waals surface area contributed by atoms with E-state index in [0.717, 1.165) is 16.8 Å². The van der Waals surface area contributed by atoms with E-state index < -0.39 is 23.8 Å². The Bertz CT molecular complexity index is 1140. The Morgan fingerprint density at radius 3 is 2.03 bits per heavy atom. The molecule has 5 nitrogen and oxygen atoms in total. The highest BCUT2D eigenvalue weighted by molar-refractivity contribution is 5.99. The average Bonchev–Trinajstić information content (AvgIpc) is 3.20. The molecule has 0 saturated carbocycles. The third kappa shape index (κ3) is 2.21. The molecule has 6 rings (SSSR count). The number of nitrogens with zero attached hydrogens (tertiary/aromatic N) is 1. The minimum atomic E-state index is -0.580. The summed E-state index contributed by atoms with van der Waals surface area (Å²) in [7, 11) is 0. The molecule has 3 heterocycles. The second-order valence-corrected chi connectivity index (χ2v) is 7.61. The Hall–Kier alpha value is -3.60. The number of hydrogen-bond acceptors (Lipinski definition) is 5. The minimum absolute atomic E-state index is 0.318. The van der Waals surface area contributed by atoms with Gasteiger partial charge in [-0.15, -0.1) is 0 Å². The number of rotatable bonds is 1. The van der Waals surface area contributed by atoms with Crippen LogP contribution in [0, 0.1) is 11.8 Å². The molecule has 2 fully saturated rings. The number of cyclic esters (lactones) is 2. The van der Waals surface area contributed by atoms with Crippen LogP contribution in [0.1, 0.15) is 23.2 Å². The van der Waals surface area contributed by atoms with Crippen molar-refractivity contribution in [3.8, 4) is 11.5 Å². The van der Waals surface area contributed by atoms with Gasteiger partial charge in [0.05, 0.1) is 29.6 Å². The van der Waals surface area contributed by atoms with Crippen LogP contribution in [-0.4, -0.2) is 11.9 Å². The highest BCUT2D eigenvalue weighted by Gasteiger charge is 2.63. The molecule has 29 heavy (non-hydrogen) atoms. The van der Waals surface area contributed by atoms with Gasteiger partial charge in [-0.05, 0) is 23.8 Å². The molecule has 2 saturated heterocycles. The highest BCUT2D eigenvalue weighted by Crippen LogP contribution is 2.60. The lowest BCUT2D eigenvalue weighted by atomic mass is 9.84. The third-order valence-electron chi connectivity index (χ3n) is 6.15. The maximum absolute atomic E-state index is 12.8. The number of esters is 2. The number of anilines is 1. The SMILES string of the molecule is O=C1OC(=O)[C@H]2[C@@H]1[C@@H]1c3ccccc3Oc3ccccc3N1[C@@H]2c1ccccc1. The van der Waals surface area contributed by atoms with Crippen molar-refractivity contribution in [2.45, 2.75) is 12.1 Å². The van der Waals surface area contributed by atoms with Crippen molar-refractivity contribution in [2.24, 2.45) is 11.8 Å². The number of carbonyl (C=O) groups excluding carboxylic acids is 2. The lowest BCUT2D eigenvalue weighted by Gasteiger charge is -2.33. The van der Waals surface area contributed by atoms with Crippen molar-refractivity contribution in [2.75, 3.05) is 4.90 Å². The molecule has 0 aliphatic carbocycles. The van der Waals surface area contributed by atoms with E-state index in [2.05, 4.69) is 4.90 Å². The van der Waals surface area contributed by atoms with Crippen molar-refractivity contribution in [1.29, 1.82) is 0 Å². The first-order valence-electron chi connectivity index (χ1n) is 9.68. The van der Waals surface area contributed by atoms with Gasteiger partial charge in [-0.2, -0.15) is 0 Å². The molecule has 3 aromatic carbocycles. The number of benzene rings is 3. The summed E-state index contributed by atoms with van der Waals surface area (Å²) in [6.45, 7) is 0. The van der Waals surface area contributed by atoms with Crippen LogP contribution in [0.5, 0.6) is 11.5 Å². The number of fused-ring (bicyclic) bond motifs is 7. The standard InChI is InChI=1S/C24H17NO4/c26-23-19-20(24(27)29-23)22-15-10-4-6-12-17(15)28-18-13-7-5-11-16(18)25(22)21(19)14-8-2-1-3-9-14/h1-13,19-22H/t19-,20+,21+,22-/m0/s1. The maximum atomic E-state index is 12.8. The normalized spacial score (nSPS) is 26.6. The van der Waals surface area contributed by atoms with Crippen molar-refractivity contribution in [3.63, 3.8) is 0 Å². The molecule has 0 N–H and O–H groups in total. The molecule has 3 aliphatic heterocycles. The Kier molecular flexibility index (Phi) is 3.36. The van der Waals surface area contributed by atoms with E-state index in [9.17, 15) is 9.59 Å². The molecular weight excluding hydrogens is 366 g/mol. The van der Waals surface area contributed by atoms with E-state index in [0.29, 0.717) is 11.5 Å². The first-order valence-corrected chi connectivity index (χ1v) is 9.68. The van der Waals surface area contributed by atoms with Gasteiger partial charge in [-0.3, -0.25) is 9.59 Å². The minimum Gasteiger partial charge on any atom is -0.455 e. The number of ether oxygens (including phenoxy) is 2. The molecular formula is C24H17NO4. The van der Waals surface area contributed by atoms with E-state index in [1.54, 1.807) is 0 Å². The fourth-order valence-electron chi connectivity index (χ4n) is 5.05. The quantitative estimate of drug-likeness (QED) is 0.460. The summed E-state index contributed by atoms with van der Waals surface area (Å²) in [6.07, 6.45) is 0. The predicted molar refractivity (Wildman–Crippen MR) is 105 cm³/mol. The summed E-state index contributed by atoms with van der Waals surface area (Å²) < 4.78 is 11.4. The van der Waals surface area contributed by atoms with Gasteiger partial charge in [0.15, 0.2) is 5.75 Å². The van der Waals surface area contributed by atoms with E-state index >= 15 is 0 Å². The van der Waals surface area contributed by atoms with Gasteiger partial charge in [0.1, 0.15) is 5.75 Å². The lowest BCUT2D eigenvalue weighted by molar-refractivity contribution is -0.154. The van der Waals surface area contributed by atoms with Gasteiger partial charge in [-0.1, -0.05) is 60.7 Å². The number of hydrogen-bond donors (Lipinski definition) is 0. The Labute approximate surface area is 167 Å². The van der Waals surface area contributed by atoms with Crippen LogP contribution in [0.2, 0.25) is 0 Å². The monoisotopic (exact) mass is 383 g/mol. The van der Waals surface area contributed by atoms with Crippen molar-refractivity contribution in [1.82, 2.24) is 0 Å². The molecule has 0 amide bonds. The average molecular weight is 383 g/mol. The zero-order valence-corrected chi connectivity index (χ0v) is 15.4. The van der Waals surface area contributed by atoms with Crippen molar-refractivity contribution >= 4 is 17.6 Å². The largest absolute Gasteiger partial charge is 0.455 e. The molecule has 4 atom stereocenters. The molecule has 0 radical (unpaired) electrons. The zero-order valence-electron chi connectivity index (χ0n) is 15.4. The topological polar surface area (TPSA) is 55.8 Å². The van der Waals surface area contributed by atoms with E-state index in [1.807, 2.05) is 78.9 Å². The number of para-hydroxylation sites is 3.